The number of likely N-dealkylation sites (tertiary alicyclic amines) is 1. The molecule has 0 bridgehead atoms. The maximum absolute atomic E-state index is 12.8. The summed E-state index contributed by atoms with van der Waals surface area (Å²) >= 11 is 0. The van der Waals surface area contributed by atoms with Gasteiger partial charge in [0.2, 0.25) is 0 Å². The lowest BCUT2D eigenvalue weighted by atomic mass is 9.99. The maximum Gasteiger partial charge on any atom is 0.259 e. The number of piperidine rings is 1. The Balaban J connectivity index is 1.60. The number of rotatable bonds is 1. The van der Waals surface area contributed by atoms with E-state index in [0.29, 0.717) is 36.7 Å². The normalized spacial score (nSPS) is 24.0. The van der Waals surface area contributed by atoms with E-state index in [2.05, 4.69) is 15.5 Å². The first kappa shape index (κ1) is 13.4. The molecule has 22 heavy (non-hydrogen) atoms. The summed E-state index contributed by atoms with van der Waals surface area (Å²) in [6.07, 6.45) is 2.59. The predicted octanol–water partition coefficient (Wildman–Crippen LogP) is 0.869. The van der Waals surface area contributed by atoms with Crippen molar-refractivity contribution in [2.45, 2.75) is 39.0 Å². The third kappa shape index (κ3) is 1.94. The Bertz CT molecular complexity index is 702. The number of hydrogen-bond acceptors (Lipinski definition) is 6. The largest absolute Gasteiger partial charge is 0.370 e. The van der Waals surface area contributed by atoms with Crippen LogP contribution in [0.4, 0.5) is 0 Å². The van der Waals surface area contributed by atoms with Crippen molar-refractivity contribution >= 4 is 5.91 Å². The summed E-state index contributed by atoms with van der Waals surface area (Å²) in [6, 6.07) is 0.0180. The number of amides is 1. The highest BCUT2D eigenvalue weighted by atomic mass is 16.5. The number of fused-ring (bicyclic) bond motifs is 3. The fraction of sp³-hybridized carbons (Fsp3) is 0.571. The summed E-state index contributed by atoms with van der Waals surface area (Å²) in [4.78, 5) is 14.6. The van der Waals surface area contributed by atoms with Crippen LogP contribution in [-0.2, 0) is 11.3 Å². The molecule has 4 heterocycles. The van der Waals surface area contributed by atoms with Gasteiger partial charge in [-0.1, -0.05) is 10.4 Å². The van der Waals surface area contributed by atoms with E-state index in [4.69, 9.17) is 9.26 Å². The molecule has 2 aliphatic rings. The van der Waals surface area contributed by atoms with E-state index < -0.39 is 0 Å². The van der Waals surface area contributed by atoms with Gasteiger partial charge >= 0.3 is 0 Å². The third-order valence-corrected chi connectivity index (χ3v) is 4.46. The average molecular weight is 303 g/mol. The van der Waals surface area contributed by atoms with Crippen LogP contribution >= 0.6 is 0 Å². The van der Waals surface area contributed by atoms with Crippen molar-refractivity contribution in [3.8, 4) is 0 Å². The Morgan fingerprint density at radius 2 is 2.27 bits per heavy atom. The van der Waals surface area contributed by atoms with Crippen LogP contribution in [0.15, 0.2) is 10.7 Å². The van der Waals surface area contributed by atoms with Crippen LogP contribution < -0.4 is 0 Å². The van der Waals surface area contributed by atoms with Crippen molar-refractivity contribution < 1.29 is 14.1 Å². The van der Waals surface area contributed by atoms with E-state index in [9.17, 15) is 4.79 Å². The standard InChI is InChI=1S/C14H17N5O3/c1-8-13(9(2)22-16-8)14(20)18-4-3-12-11(6-18)19-10(7-21-12)5-15-17-19/h5,11-12H,3-4,6-7H2,1-2H3/t11-,12+/m0/s1. The Hall–Kier alpha value is -2.22. The molecule has 8 heteroatoms. The van der Waals surface area contributed by atoms with Crippen LogP contribution in [0.5, 0.6) is 0 Å². The van der Waals surface area contributed by atoms with Gasteiger partial charge in [0, 0.05) is 13.1 Å². The monoisotopic (exact) mass is 303 g/mol. The number of carbonyl (C=O) groups excluding carboxylic acids is 1. The first-order valence-electron chi connectivity index (χ1n) is 7.38. The fourth-order valence-corrected chi connectivity index (χ4v) is 3.31. The lowest BCUT2D eigenvalue weighted by Crippen LogP contribution is -2.50. The molecule has 2 aromatic rings. The number of nitrogens with zero attached hydrogens (tertiary/aromatic N) is 5. The summed E-state index contributed by atoms with van der Waals surface area (Å²) in [5, 5.41) is 12.0. The minimum Gasteiger partial charge on any atom is -0.370 e. The molecule has 4 rings (SSSR count). The van der Waals surface area contributed by atoms with Gasteiger partial charge in [0.05, 0.1) is 36.3 Å². The molecule has 0 saturated carbocycles. The third-order valence-electron chi connectivity index (χ3n) is 4.46. The average Bonchev–Trinajstić information content (AvgIpc) is 3.13. The first-order valence-corrected chi connectivity index (χ1v) is 7.38. The minimum atomic E-state index is -0.0399. The molecule has 1 fully saturated rings. The summed E-state index contributed by atoms with van der Waals surface area (Å²) < 4.78 is 12.9. The second kappa shape index (κ2) is 4.91. The minimum absolute atomic E-state index is 0.0180. The second-order valence-electron chi connectivity index (χ2n) is 5.83. The molecule has 2 atom stereocenters. The lowest BCUT2D eigenvalue weighted by Gasteiger charge is -2.40. The molecule has 8 nitrogen and oxygen atoms in total. The van der Waals surface area contributed by atoms with Gasteiger partial charge in [0.25, 0.3) is 5.91 Å². The van der Waals surface area contributed by atoms with Crippen LogP contribution in [0.3, 0.4) is 0 Å². The van der Waals surface area contributed by atoms with E-state index in [1.807, 2.05) is 9.58 Å². The zero-order valence-corrected chi connectivity index (χ0v) is 12.5. The fourth-order valence-electron chi connectivity index (χ4n) is 3.31. The van der Waals surface area contributed by atoms with E-state index >= 15 is 0 Å². The van der Waals surface area contributed by atoms with Gasteiger partial charge in [0.1, 0.15) is 11.3 Å². The summed E-state index contributed by atoms with van der Waals surface area (Å²) in [7, 11) is 0. The molecule has 116 valence electrons. The summed E-state index contributed by atoms with van der Waals surface area (Å²) in [5.41, 5.74) is 2.15. The number of aromatic nitrogens is 4. The highest BCUT2D eigenvalue weighted by molar-refractivity contribution is 5.96. The molecule has 0 unspecified atom stereocenters. The van der Waals surface area contributed by atoms with Crippen molar-refractivity contribution in [2.75, 3.05) is 13.1 Å². The maximum atomic E-state index is 12.8. The topological polar surface area (TPSA) is 86.3 Å². The SMILES string of the molecule is Cc1noc(C)c1C(=O)N1CC[C@H]2OCc3cnnn3[C@H]2C1. The number of aryl methyl sites for hydroxylation is 2. The van der Waals surface area contributed by atoms with Crippen molar-refractivity contribution in [1.82, 2.24) is 25.1 Å². The molecule has 1 saturated heterocycles. The van der Waals surface area contributed by atoms with Gasteiger partial charge < -0.3 is 14.2 Å². The van der Waals surface area contributed by atoms with Crippen molar-refractivity contribution in [1.29, 1.82) is 0 Å². The second-order valence-corrected chi connectivity index (χ2v) is 5.83. The predicted molar refractivity (Wildman–Crippen MR) is 74.1 cm³/mol. The van der Waals surface area contributed by atoms with Crippen LogP contribution in [-0.4, -0.2) is 50.2 Å². The highest BCUT2D eigenvalue weighted by Gasteiger charge is 2.38. The Morgan fingerprint density at radius 1 is 1.41 bits per heavy atom. The van der Waals surface area contributed by atoms with E-state index in [0.717, 1.165) is 12.1 Å². The molecule has 0 N–H and O–H groups in total. The van der Waals surface area contributed by atoms with Gasteiger partial charge in [-0.25, -0.2) is 4.68 Å². The molecule has 0 radical (unpaired) electrons. The first-order chi connectivity index (χ1) is 10.6. The summed E-state index contributed by atoms with van der Waals surface area (Å²) in [5.74, 6) is 0.521. The van der Waals surface area contributed by atoms with Crippen molar-refractivity contribution in [3.63, 3.8) is 0 Å². The number of carbonyl (C=O) groups is 1. The molecular weight excluding hydrogens is 286 g/mol. The number of ether oxygens (including phenoxy) is 1. The van der Waals surface area contributed by atoms with Gasteiger partial charge in [-0.15, -0.1) is 5.10 Å². The highest BCUT2D eigenvalue weighted by Crippen LogP contribution is 2.31. The van der Waals surface area contributed by atoms with Gasteiger partial charge in [-0.05, 0) is 20.3 Å². The zero-order chi connectivity index (χ0) is 15.3. The Morgan fingerprint density at radius 3 is 3.05 bits per heavy atom. The van der Waals surface area contributed by atoms with Gasteiger partial charge in [-0.2, -0.15) is 0 Å². The molecule has 0 spiro atoms. The quantitative estimate of drug-likeness (QED) is 0.777. The number of hydrogen-bond donors (Lipinski definition) is 0. The summed E-state index contributed by atoms with van der Waals surface area (Å²) in [6.45, 7) is 5.30. The van der Waals surface area contributed by atoms with Crippen LogP contribution in [0.1, 0.15) is 40.0 Å². The molecular formula is C14H17N5O3. The van der Waals surface area contributed by atoms with Crippen LogP contribution in [0.25, 0.3) is 0 Å². The van der Waals surface area contributed by atoms with Gasteiger partial charge in [-0.3, -0.25) is 4.79 Å². The molecule has 2 aromatic heterocycles. The molecule has 0 aromatic carbocycles. The van der Waals surface area contributed by atoms with Crippen LogP contribution in [0, 0.1) is 13.8 Å². The van der Waals surface area contributed by atoms with E-state index in [-0.39, 0.29) is 18.1 Å². The Labute approximate surface area is 127 Å². The van der Waals surface area contributed by atoms with Crippen molar-refractivity contribution in [2.24, 2.45) is 0 Å². The van der Waals surface area contributed by atoms with E-state index in [1.165, 1.54) is 0 Å². The van der Waals surface area contributed by atoms with Gasteiger partial charge in [0.15, 0.2) is 0 Å². The molecule has 1 amide bonds. The molecule has 2 aliphatic heterocycles. The zero-order valence-electron chi connectivity index (χ0n) is 12.5. The van der Waals surface area contributed by atoms with Crippen LogP contribution in [0.2, 0.25) is 0 Å². The van der Waals surface area contributed by atoms with Crippen molar-refractivity contribution in [3.05, 3.63) is 28.9 Å². The molecule has 0 aliphatic carbocycles. The van der Waals surface area contributed by atoms with E-state index in [1.54, 1.807) is 20.0 Å². The smallest absolute Gasteiger partial charge is 0.259 e. The Kier molecular flexibility index (Phi) is 3.00. The lowest BCUT2D eigenvalue weighted by molar-refractivity contribution is -0.0605.